The van der Waals surface area contributed by atoms with Crippen molar-refractivity contribution in [1.82, 2.24) is 4.98 Å². The quantitative estimate of drug-likeness (QED) is 0.901. The van der Waals surface area contributed by atoms with Crippen molar-refractivity contribution in [3.63, 3.8) is 0 Å². The molecule has 1 N–H and O–H groups in total. The van der Waals surface area contributed by atoms with Crippen molar-refractivity contribution in [2.24, 2.45) is 0 Å². The Kier molecular flexibility index (Phi) is 3.41. The molecule has 0 saturated heterocycles. The van der Waals surface area contributed by atoms with Gasteiger partial charge in [-0.1, -0.05) is 0 Å². The number of nitrogens with one attached hydrogen (secondary N) is 1. The van der Waals surface area contributed by atoms with E-state index >= 15 is 0 Å². The van der Waals surface area contributed by atoms with Crippen LogP contribution in [0.3, 0.4) is 0 Å². The lowest BCUT2D eigenvalue weighted by Gasteiger charge is -2.11. The van der Waals surface area contributed by atoms with Crippen molar-refractivity contribution in [2.45, 2.75) is 6.92 Å². The molecule has 0 fully saturated rings. The molecule has 2 aromatic rings. The molecule has 0 aliphatic rings. The molecule has 0 unspecified atom stereocenters. The normalized spacial score (nSPS) is 10.2. The molecular weight excluding hydrogens is 232 g/mol. The van der Waals surface area contributed by atoms with Gasteiger partial charge in [0.1, 0.15) is 23.5 Å². The highest BCUT2D eigenvalue weighted by molar-refractivity contribution is 5.72. The van der Waals surface area contributed by atoms with Crippen LogP contribution in [0.25, 0.3) is 11.3 Å². The van der Waals surface area contributed by atoms with Gasteiger partial charge in [-0.15, -0.1) is 0 Å². The van der Waals surface area contributed by atoms with Crippen LogP contribution in [0.2, 0.25) is 0 Å². The van der Waals surface area contributed by atoms with Crippen molar-refractivity contribution < 1.29 is 13.9 Å². The fourth-order valence-electron chi connectivity index (χ4n) is 1.83. The maximum absolute atomic E-state index is 5.38. The Balaban J connectivity index is 2.55. The summed E-state index contributed by atoms with van der Waals surface area (Å²) in [4.78, 5) is 4.33. The van der Waals surface area contributed by atoms with E-state index in [-0.39, 0.29) is 0 Å². The Morgan fingerprint density at radius 2 is 2.00 bits per heavy atom. The van der Waals surface area contributed by atoms with Crippen LogP contribution in [-0.2, 0) is 0 Å². The van der Waals surface area contributed by atoms with Crippen LogP contribution < -0.4 is 14.8 Å². The average molecular weight is 248 g/mol. The number of benzene rings is 1. The molecule has 2 rings (SSSR count). The van der Waals surface area contributed by atoms with Crippen molar-refractivity contribution in [2.75, 3.05) is 26.6 Å². The van der Waals surface area contributed by atoms with Crippen molar-refractivity contribution in [1.29, 1.82) is 0 Å². The molecule has 5 heteroatoms. The first-order chi connectivity index (χ1) is 8.69. The van der Waals surface area contributed by atoms with E-state index in [1.54, 1.807) is 27.5 Å². The number of anilines is 1. The number of ether oxygens (including phenoxy) is 2. The lowest BCUT2D eigenvalue weighted by Crippen LogP contribution is -1.94. The zero-order valence-electron chi connectivity index (χ0n) is 10.9. The molecule has 0 saturated carbocycles. The number of oxazole rings is 1. The van der Waals surface area contributed by atoms with Gasteiger partial charge >= 0.3 is 0 Å². The van der Waals surface area contributed by atoms with E-state index < -0.39 is 0 Å². The third-order valence-electron chi connectivity index (χ3n) is 2.70. The molecule has 18 heavy (non-hydrogen) atoms. The summed E-state index contributed by atoms with van der Waals surface area (Å²) in [7, 11) is 5.01. The third-order valence-corrected chi connectivity index (χ3v) is 2.70. The summed E-state index contributed by atoms with van der Waals surface area (Å²) < 4.78 is 15.9. The van der Waals surface area contributed by atoms with E-state index in [1.807, 2.05) is 19.1 Å². The van der Waals surface area contributed by atoms with Crippen LogP contribution in [0.15, 0.2) is 22.8 Å². The second kappa shape index (κ2) is 5.00. The maximum atomic E-state index is 5.38. The number of aryl methyl sites for hydroxylation is 1. The molecule has 96 valence electrons. The van der Waals surface area contributed by atoms with Gasteiger partial charge in [0, 0.05) is 18.7 Å². The fraction of sp³-hybridized carbons (Fsp3) is 0.308. The van der Waals surface area contributed by atoms with Crippen molar-refractivity contribution in [3.05, 3.63) is 24.0 Å². The number of hydrogen-bond acceptors (Lipinski definition) is 5. The first kappa shape index (κ1) is 12.3. The molecule has 0 amide bonds. The number of methoxy groups -OCH3 is 2. The highest BCUT2D eigenvalue weighted by Crippen LogP contribution is 2.36. The first-order valence-electron chi connectivity index (χ1n) is 5.56. The molecule has 0 aliphatic heterocycles. The minimum Gasteiger partial charge on any atom is -0.497 e. The monoisotopic (exact) mass is 248 g/mol. The number of aromatic nitrogens is 1. The molecule has 0 radical (unpaired) electrons. The molecule has 1 aromatic heterocycles. The topological polar surface area (TPSA) is 56.5 Å². The molecular formula is C13H16N2O3. The third kappa shape index (κ3) is 2.11. The lowest BCUT2D eigenvalue weighted by molar-refractivity contribution is 0.395. The van der Waals surface area contributed by atoms with E-state index in [1.165, 1.54) is 0 Å². The Morgan fingerprint density at radius 3 is 2.56 bits per heavy atom. The van der Waals surface area contributed by atoms with E-state index in [4.69, 9.17) is 13.9 Å². The van der Waals surface area contributed by atoms with Gasteiger partial charge < -0.3 is 19.2 Å². The average Bonchev–Trinajstić information content (AvgIpc) is 2.85. The Labute approximate surface area is 106 Å². The molecule has 0 aliphatic carbocycles. The van der Waals surface area contributed by atoms with Gasteiger partial charge in [-0.2, -0.15) is 4.98 Å². The van der Waals surface area contributed by atoms with Gasteiger partial charge in [0.2, 0.25) is 0 Å². The summed E-state index contributed by atoms with van der Waals surface area (Å²) >= 11 is 0. The maximum Gasteiger partial charge on any atom is 0.294 e. The number of nitrogens with zero attached hydrogens (tertiary/aromatic N) is 1. The van der Waals surface area contributed by atoms with Crippen molar-refractivity contribution in [3.8, 4) is 22.8 Å². The van der Waals surface area contributed by atoms with Crippen LogP contribution in [0.4, 0.5) is 6.01 Å². The Bertz CT molecular complexity index is 549. The van der Waals surface area contributed by atoms with Crippen LogP contribution >= 0.6 is 0 Å². The van der Waals surface area contributed by atoms with E-state index in [2.05, 4.69) is 10.3 Å². The van der Waals surface area contributed by atoms with Gasteiger partial charge in [0.05, 0.1) is 14.2 Å². The summed E-state index contributed by atoms with van der Waals surface area (Å²) in [6, 6.07) is 4.24. The zero-order chi connectivity index (χ0) is 13.1. The number of rotatable bonds is 4. The summed E-state index contributed by atoms with van der Waals surface area (Å²) in [6.45, 7) is 1.98. The van der Waals surface area contributed by atoms with Gasteiger partial charge in [0.15, 0.2) is 0 Å². The minimum absolute atomic E-state index is 0.474. The zero-order valence-corrected chi connectivity index (χ0v) is 10.9. The second-order valence-corrected chi connectivity index (χ2v) is 3.81. The molecule has 5 nitrogen and oxygen atoms in total. The highest BCUT2D eigenvalue weighted by Gasteiger charge is 2.15. The molecule has 1 aromatic carbocycles. The second-order valence-electron chi connectivity index (χ2n) is 3.81. The largest absolute Gasteiger partial charge is 0.497 e. The predicted molar refractivity (Wildman–Crippen MR) is 69.3 cm³/mol. The standard InChI is InChI=1S/C13H16N2O3/c1-8-5-9(16-3)6-11(17-4)12(8)10-7-18-13(14-2)15-10/h5-7H,1-4H3,(H,14,15). The van der Waals surface area contributed by atoms with Gasteiger partial charge in [0.25, 0.3) is 6.01 Å². The van der Waals surface area contributed by atoms with Gasteiger partial charge in [-0.25, -0.2) is 0 Å². The van der Waals surface area contributed by atoms with Crippen LogP contribution in [0.1, 0.15) is 5.56 Å². The summed E-state index contributed by atoms with van der Waals surface area (Å²) in [5.74, 6) is 1.47. The van der Waals surface area contributed by atoms with E-state index in [0.29, 0.717) is 11.8 Å². The van der Waals surface area contributed by atoms with E-state index in [0.717, 1.165) is 22.6 Å². The Hall–Kier alpha value is -2.17. The molecule has 0 bridgehead atoms. The van der Waals surface area contributed by atoms with Crippen LogP contribution in [0.5, 0.6) is 11.5 Å². The summed E-state index contributed by atoms with van der Waals surface area (Å²) in [5.41, 5.74) is 2.65. The Morgan fingerprint density at radius 1 is 1.22 bits per heavy atom. The summed E-state index contributed by atoms with van der Waals surface area (Å²) in [5, 5.41) is 2.85. The molecule has 0 atom stereocenters. The smallest absolute Gasteiger partial charge is 0.294 e. The molecule has 0 spiro atoms. The van der Waals surface area contributed by atoms with Gasteiger partial charge in [-0.05, 0) is 18.6 Å². The van der Waals surface area contributed by atoms with Gasteiger partial charge in [-0.3, -0.25) is 0 Å². The SMILES string of the molecule is CNc1nc(-c2c(C)cc(OC)cc2OC)co1. The predicted octanol–water partition coefficient (Wildman–Crippen LogP) is 2.71. The minimum atomic E-state index is 0.474. The van der Waals surface area contributed by atoms with Crippen LogP contribution in [-0.4, -0.2) is 26.3 Å². The molecule has 1 heterocycles. The van der Waals surface area contributed by atoms with Crippen LogP contribution in [0, 0.1) is 6.92 Å². The summed E-state index contributed by atoms with van der Waals surface area (Å²) in [6.07, 6.45) is 1.60. The van der Waals surface area contributed by atoms with E-state index in [9.17, 15) is 0 Å². The lowest BCUT2D eigenvalue weighted by atomic mass is 10.0. The highest BCUT2D eigenvalue weighted by atomic mass is 16.5. The first-order valence-corrected chi connectivity index (χ1v) is 5.56. The fourth-order valence-corrected chi connectivity index (χ4v) is 1.83. The van der Waals surface area contributed by atoms with Crippen molar-refractivity contribution >= 4 is 6.01 Å². The number of hydrogen-bond donors (Lipinski definition) is 1.